The van der Waals surface area contributed by atoms with Gasteiger partial charge < -0.3 is 20.1 Å². The molecule has 0 aliphatic rings. The molecule has 3 aromatic rings. The smallest absolute Gasteiger partial charge is 0.261 e. The van der Waals surface area contributed by atoms with Gasteiger partial charge in [-0.05, 0) is 24.3 Å². The molecular formula is C22H16F4N2O4. The Morgan fingerprint density at radius 3 is 1.38 bits per heavy atom. The van der Waals surface area contributed by atoms with E-state index in [0.717, 1.165) is 0 Å². The lowest BCUT2D eigenvalue weighted by Gasteiger charge is -2.14. The molecule has 0 saturated heterocycles. The number of ether oxygens (including phenoxy) is 2. The molecule has 0 unspecified atom stereocenters. The Bertz CT molecular complexity index is 1110. The quantitative estimate of drug-likeness (QED) is 0.324. The van der Waals surface area contributed by atoms with Gasteiger partial charge in [0.1, 0.15) is 22.6 Å². The number of hydrogen-bond acceptors (Lipinski definition) is 4. The molecular weight excluding hydrogens is 432 g/mol. The van der Waals surface area contributed by atoms with Crippen LogP contribution in [-0.4, -0.2) is 26.0 Å². The van der Waals surface area contributed by atoms with E-state index in [-0.39, 0.29) is 22.9 Å². The van der Waals surface area contributed by atoms with Crippen LogP contribution in [0.4, 0.5) is 28.9 Å². The van der Waals surface area contributed by atoms with Crippen molar-refractivity contribution in [2.45, 2.75) is 0 Å². The maximum Gasteiger partial charge on any atom is 0.261 e. The highest BCUT2D eigenvalue weighted by atomic mass is 19.2. The first kappa shape index (κ1) is 22.6. The van der Waals surface area contributed by atoms with Crippen LogP contribution in [0.25, 0.3) is 0 Å². The third-order valence-corrected chi connectivity index (χ3v) is 4.43. The number of carbonyl (C=O) groups is 2. The highest BCUT2D eigenvalue weighted by Gasteiger charge is 2.33. The second-order valence-corrected chi connectivity index (χ2v) is 6.31. The van der Waals surface area contributed by atoms with Gasteiger partial charge in [0.15, 0.2) is 23.3 Å². The number of carbonyl (C=O) groups excluding carboxylic acids is 2. The normalized spacial score (nSPS) is 10.4. The van der Waals surface area contributed by atoms with E-state index in [0.29, 0.717) is 0 Å². The lowest BCUT2D eigenvalue weighted by atomic mass is 10.1. The summed E-state index contributed by atoms with van der Waals surface area (Å²) in [5.74, 6) is -10.8. The summed E-state index contributed by atoms with van der Waals surface area (Å²) in [4.78, 5) is 25.1. The molecule has 3 aromatic carbocycles. The van der Waals surface area contributed by atoms with Crippen molar-refractivity contribution < 1.29 is 36.6 Å². The Labute approximate surface area is 179 Å². The second kappa shape index (κ2) is 9.38. The van der Waals surface area contributed by atoms with Crippen LogP contribution < -0.4 is 20.1 Å². The van der Waals surface area contributed by atoms with Gasteiger partial charge in [0.2, 0.25) is 0 Å². The third-order valence-electron chi connectivity index (χ3n) is 4.43. The first-order chi connectivity index (χ1) is 15.3. The minimum absolute atomic E-state index is 0.0172. The Balaban J connectivity index is 2.04. The van der Waals surface area contributed by atoms with Gasteiger partial charge in [-0.15, -0.1) is 0 Å². The van der Waals surface area contributed by atoms with Crippen LogP contribution in [0.3, 0.4) is 0 Å². The van der Waals surface area contributed by atoms with Gasteiger partial charge in [-0.1, -0.05) is 24.3 Å². The summed E-state index contributed by atoms with van der Waals surface area (Å²) in [6.45, 7) is 0. The average Bonchev–Trinajstić information content (AvgIpc) is 2.78. The van der Waals surface area contributed by atoms with Crippen LogP contribution in [-0.2, 0) is 0 Å². The van der Waals surface area contributed by atoms with Crippen molar-refractivity contribution in [2.24, 2.45) is 0 Å². The highest BCUT2D eigenvalue weighted by Crippen LogP contribution is 2.29. The van der Waals surface area contributed by atoms with E-state index < -0.39 is 46.2 Å². The molecule has 6 nitrogen and oxygen atoms in total. The molecule has 0 aliphatic heterocycles. The molecule has 0 saturated carbocycles. The number of rotatable bonds is 6. The van der Waals surface area contributed by atoms with Crippen LogP contribution in [0, 0.1) is 23.3 Å². The van der Waals surface area contributed by atoms with Crippen molar-refractivity contribution in [3.05, 3.63) is 82.9 Å². The summed E-state index contributed by atoms with van der Waals surface area (Å²) >= 11 is 0. The van der Waals surface area contributed by atoms with Crippen molar-refractivity contribution in [1.82, 2.24) is 0 Å². The molecule has 2 amide bonds. The topological polar surface area (TPSA) is 76.7 Å². The monoisotopic (exact) mass is 448 g/mol. The van der Waals surface area contributed by atoms with Gasteiger partial charge in [-0.3, -0.25) is 9.59 Å². The van der Waals surface area contributed by atoms with Crippen molar-refractivity contribution in [1.29, 1.82) is 0 Å². The number of anilines is 2. The molecule has 32 heavy (non-hydrogen) atoms. The molecule has 166 valence electrons. The standard InChI is InChI=1S/C22H16F4N2O4/c1-31-13-9-5-3-7-11(13)27-21(29)15-17(23)16(19(25)20(26)18(15)24)22(30)28-12-8-4-6-10-14(12)32-2/h3-10H,1-2H3,(H,27,29)(H,28,30). The molecule has 10 heteroatoms. The van der Waals surface area contributed by atoms with Crippen LogP contribution >= 0.6 is 0 Å². The summed E-state index contributed by atoms with van der Waals surface area (Å²) < 4.78 is 68.0. The minimum Gasteiger partial charge on any atom is -0.495 e. The van der Waals surface area contributed by atoms with Crippen molar-refractivity contribution in [2.75, 3.05) is 24.9 Å². The average molecular weight is 448 g/mol. The Hall–Kier alpha value is -4.08. The van der Waals surface area contributed by atoms with E-state index in [2.05, 4.69) is 10.6 Å². The molecule has 0 heterocycles. The van der Waals surface area contributed by atoms with Gasteiger partial charge >= 0.3 is 0 Å². The first-order valence-corrected chi connectivity index (χ1v) is 9.04. The molecule has 0 atom stereocenters. The zero-order valence-electron chi connectivity index (χ0n) is 16.8. The lowest BCUT2D eigenvalue weighted by Crippen LogP contribution is -2.24. The van der Waals surface area contributed by atoms with Crippen LogP contribution in [0.2, 0.25) is 0 Å². The van der Waals surface area contributed by atoms with Gasteiger partial charge in [0.05, 0.1) is 25.6 Å². The number of nitrogens with one attached hydrogen (secondary N) is 2. The van der Waals surface area contributed by atoms with Gasteiger partial charge in [-0.2, -0.15) is 0 Å². The summed E-state index contributed by atoms with van der Waals surface area (Å²) in [7, 11) is 2.59. The maximum absolute atomic E-state index is 15.0. The first-order valence-electron chi connectivity index (χ1n) is 9.04. The molecule has 0 bridgehead atoms. The van der Waals surface area contributed by atoms with Gasteiger partial charge in [0.25, 0.3) is 11.8 Å². The highest BCUT2D eigenvalue weighted by molar-refractivity contribution is 6.10. The lowest BCUT2D eigenvalue weighted by molar-refractivity contribution is 0.101. The Morgan fingerprint density at radius 2 is 1.00 bits per heavy atom. The number of benzene rings is 3. The van der Waals surface area contributed by atoms with Crippen LogP contribution in [0.15, 0.2) is 48.5 Å². The van der Waals surface area contributed by atoms with Gasteiger partial charge in [0, 0.05) is 0 Å². The molecule has 2 N–H and O–H groups in total. The van der Waals surface area contributed by atoms with Crippen molar-refractivity contribution >= 4 is 23.2 Å². The Kier molecular flexibility index (Phi) is 6.62. The molecule has 0 spiro atoms. The van der Waals surface area contributed by atoms with Gasteiger partial charge in [-0.25, -0.2) is 17.6 Å². The minimum atomic E-state index is -2.18. The van der Waals surface area contributed by atoms with Crippen LogP contribution in [0.5, 0.6) is 11.5 Å². The molecule has 0 radical (unpaired) electrons. The number of amides is 2. The summed E-state index contributed by atoms with van der Waals surface area (Å²) in [5, 5.41) is 4.31. The summed E-state index contributed by atoms with van der Waals surface area (Å²) in [6, 6.07) is 11.8. The van der Waals surface area contributed by atoms with Crippen molar-refractivity contribution in [3.63, 3.8) is 0 Å². The fourth-order valence-electron chi connectivity index (χ4n) is 2.90. The molecule has 3 rings (SSSR count). The van der Waals surface area contributed by atoms with E-state index in [9.17, 15) is 22.8 Å². The van der Waals surface area contributed by atoms with E-state index in [4.69, 9.17) is 9.47 Å². The summed E-state index contributed by atoms with van der Waals surface area (Å²) in [6.07, 6.45) is 0. The molecule has 0 aromatic heterocycles. The number of hydrogen-bond donors (Lipinski definition) is 2. The largest absolute Gasteiger partial charge is 0.495 e. The Morgan fingerprint density at radius 1 is 0.625 bits per heavy atom. The van der Waals surface area contributed by atoms with Crippen molar-refractivity contribution in [3.8, 4) is 11.5 Å². The fraction of sp³-hybridized carbons (Fsp3) is 0.0909. The molecule has 0 aliphatic carbocycles. The SMILES string of the molecule is COc1ccccc1NC(=O)c1c(F)c(F)c(F)c(C(=O)Nc2ccccc2OC)c1F. The van der Waals surface area contributed by atoms with E-state index >= 15 is 4.39 Å². The van der Waals surface area contributed by atoms with E-state index in [1.54, 1.807) is 12.1 Å². The predicted octanol–water partition coefficient (Wildman–Crippen LogP) is 4.76. The number of halogens is 4. The van der Waals surface area contributed by atoms with E-state index in [1.807, 2.05) is 0 Å². The second-order valence-electron chi connectivity index (χ2n) is 6.31. The van der Waals surface area contributed by atoms with E-state index in [1.165, 1.54) is 50.6 Å². The number of para-hydroxylation sites is 4. The third kappa shape index (κ3) is 4.20. The molecule has 0 fully saturated rings. The number of methoxy groups -OCH3 is 2. The summed E-state index contributed by atoms with van der Waals surface area (Å²) in [5.41, 5.74) is -2.91. The zero-order chi connectivity index (χ0) is 23.4. The zero-order valence-corrected chi connectivity index (χ0v) is 16.8. The maximum atomic E-state index is 15.0. The predicted molar refractivity (Wildman–Crippen MR) is 108 cm³/mol. The fourth-order valence-corrected chi connectivity index (χ4v) is 2.90. The van der Waals surface area contributed by atoms with Crippen LogP contribution in [0.1, 0.15) is 20.7 Å².